The van der Waals surface area contributed by atoms with Gasteiger partial charge in [0.05, 0.1) is 0 Å². The molecule has 1 heterocycles. The molecule has 2 aromatic carbocycles. The van der Waals surface area contributed by atoms with Gasteiger partial charge in [0, 0.05) is 11.1 Å². The zero-order valence-corrected chi connectivity index (χ0v) is 10.4. The number of benzene rings is 2. The van der Waals surface area contributed by atoms with Crippen LogP contribution < -0.4 is 4.74 Å². The zero-order chi connectivity index (χ0) is 12.0. The summed E-state index contributed by atoms with van der Waals surface area (Å²) < 4.78 is 6.09. The van der Waals surface area contributed by atoms with Gasteiger partial charge in [-0.15, -0.1) is 0 Å². The molecule has 1 nitrogen and oxygen atoms in total. The summed E-state index contributed by atoms with van der Waals surface area (Å²) in [7, 11) is 0. The van der Waals surface area contributed by atoms with Gasteiger partial charge >= 0.3 is 0 Å². The van der Waals surface area contributed by atoms with E-state index in [0.29, 0.717) is 0 Å². The Kier molecular flexibility index (Phi) is 2.06. The average molecular weight is 224 g/mol. The van der Waals surface area contributed by atoms with E-state index >= 15 is 0 Å². The molecule has 0 radical (unpaired) electrons. The first-order valence-electron chi connectivity index (χ1n) is 5.97. The Bertz CT molecular complexity index is 582. The average Bonchev–Trinajstić information content (AvgIpc) is 2.28. The first kappa shape index (κ1) is 10.4. The molecule has 0 atom stereocenters. The van der Waals surface area contributed by atoms with Crippen LogP contribution in [0.2, 0.25) is 0 Å². The third-order valence-corrected chi connectivity index (χ3v) is 3.37. The maximum atomic E-state index is 6.09. The fourth-order valence-electron chi connectivity index (χ4n) is 2.51. The number of fused-ring (bicyclic) bond motifs is 3. The number of hydrogen-bond acceptors (Lipinski definition) is 1. The maximum Gasteiger partial charge on any atom is 0.129 e. The second-order valence-corrected chi connectivity index (χ2v) is 5.16. The molecule has 0 bridgehead atoms. The molecule has 0 aliphatic carbocycles. The quantitative estimate of drug-likeness (QED) is 0.648. The van der Waals surface area contributed by atoms with Crippen molar-refractivity contribution in [3.05, 3.63) is 53.6 Å². The molecule has 86 valence electrons. The van der Waals surface area contributed by atoms with E-state index in [4.69, 9.17) is 4.74 Å². The van der Waals surface area contributed by atoms with Crippen LogP contribution in [0.3, 0.4) is 0 Å². The molecular formula is C16H16O. The molecule has 0 saturated heterocycles. The Morgan fingerprint density at radius 1 is 0.941 bits per heavy atom. The molecule has 0 saturated carbocycles. The molecule has 1 heteroatoms. The highest BCUT2D eigenvalue weighted by atomic mass is 16.5. The minimum atomic E-state index is -0.253. The van der Waals surface area contributed by atoms with Crippen LogP contribution in [0, 0.1) is 6.92 Å². The van der Waals surface area contributed by atoms with Gasteiger partial charge in [0.15, 0.2) is 0 Å². The van der Waals surface area contributed by atoms with Crippen molar-refractivity contribution < 1.29 is 4.74 Å². The predicted molar refractivity (Wildman–Crippen MR) is 70.3 cm³/mol. The molecule has 1 aliphatic rings. The van der Waals surface area contributed by atoms with E-state index in [9.17, 15) is 0 Å². The van der Waals surface area contributed by atoms with Crippen LogP contribution in [0.15, 0.2) is 42.5 Å². The minimum absolute atomic E-state index is 0.253. The van der Waals surface area contributed by atoms with E-state index in [1.807, 2.05) is 12.1 Å². The smallest absolute Gasteiger partial charge is 0.129 e. The normalized spacial score (nSPS) is 15.7. The first-order valence-corrected chi connectivity index (χ1v) is 5.97. The van der Waals surface area contributed by atoms with Crippen molar-refractivity contribution in [3.8, 4) is 16.9 Å². The molecule has 17 heavy (non-hydrogen) atoms. The van der Waals surface area contributed by atoms with Crippen molar-refractivity contribution in [2.45, 2.75) is 26.4 Å². The summed E-state index contributed by atoms with van der Waals surface area (Å²) >= 11 is 0. The third-order valence-electron chi connectivity index (χ3n) is 3.37. The Balaban J connectivity index is 2.34. The fourth-order valence-corrected chi connectivity index (χ4v) is 2.51. The molecule has 0 amide bonds. The van der Waals surface area contributed by atoms with Crippen molar-refractivity contribution >= 4 is 0 Å². The number of ether oxygens (including phenoxy) is 1. The summed E-state index contributed by atoms with van der Waals surface area (Å²) in [5, 5.41) is 0. The molecule has 0 aromatic heterocycles. The van der Waals surface area contributed by atoms with Gasteiger partial charge in [-0.05, 0) is 32.4 Å². The monoisotopic (exact) mass is 224 g/mol. The lowest BCUT2D eigenvalue weighted by molar-refractivity contribution is 0.106. The maximum absolute atomic E-state index is 6.09. The molecule has 0 N–H and O–H groups in total. The summed E-state index contributed by atoms with van der Waals surface area (Å²) in [4.78, 5) is 0. The van der Waals surface area contributed by atoms with Gasteiger partial charge in [0.2, 0.25) is 0 Å². The van der Waals surface area contributed by atoms with Crippen molar-refractivity contribution in [3.63, 3.8) is 0 Å². The topological polar surface area (TPSA) is 9.23 Å². The lowest BCUT2D eigenvalue weighted by Gasteiger charge is -2.35. The summed E-state index contributed by atoms with van der Waals surface area (Å²) in [5.74, 6) is 0.982. The van der Waals surface area contributed by atoms with E-state index in [1.54, 1.807) is 0 Å². The van der Waals surface area contributed by atoms with Crippen molar-refractivity contribution in [2.24, 2.45) is 0 Å². The number of aryl methyl sites for hydroxylation is 1. The van der Waals surface area contributed by atoms with Gasteiger partial charge in [-0.25, -0.2) is 0 Å². The Morgan fingerprint density at radius 2 is 1.71 bits per heavy atom. The van der Waals surface area contributed by atoms with Crippen LogP contribution in [0.5, 0.6) is 5.75 Å². The van der Waals surface area contributed by atoms with Crippen LogP contribution in [-0.4, -0.2) is 0 Å². The van der Waals surface area contributed by atoms with Crippen LogP contribution >= 0.6 is 0 Å². The van der Waals surface area contributed by atoms with E-state index in [0.717, 1.165) is 5.75 Å². The number of para-hydroxylation sites is 1. The molecule has 2 aromatic rings. The third kappa shape index (κ3) is 1.54. The first-order chi connectivity index (χ1) is 8.08. The summed E-state index contributed by atoms with van der Waals surface area (Å²) in [6, 6.07) is 14.8. The van der Waals surface area contributed by atoms with Crippen molar-refractivity contribution in [1.29, 1.82) is 0 Å². The highest BCUT2D eigenvalue weighted by Crippen LogP contribution is 2.44. The van der Waals surface area contributed by atoms with Crippen LogP contribution in [0.25, 0.3) is 11.1 Å². The van der Waals surface area contributed by atoms with E-state index in [1.165, 1.54) is 22.3 Å². The molecule has 1 aliphatic heterocycles. The standard InChI is InChI=1S/C16H16O/c1-11-8-9-14-13(10-11)12-6-4-5-7-15(12)17-16(14,2)3/h4-10H,1-3H3. The Hall–Kier alpha value is -1.76. The van der Waals surface area contributed by atoms with Gasteiger partial charge in [0.25, 0.3) is 0 Å². The second-order valence-electron chi connectivity index (χ2n) is 5.16. The van der Waals surface area contributed by atoms with Gasteiger partial charge in [-0.3, -0.25) is 0 Å². The Morgan fingerprint density at radius 3 is 2.53 bits per heavy atom. The fraction of sp³-hybridized carbons (Fsp3) is 0.250. The summed E-state index contributed by atoms with van der Waals surface area (Å²) in [5.41, 5.74) is 4.80. The van der Waals surface area contributed by atoms with E-state index < -0.39 is 0 Å². The predicted octanol–water partition coefficient (Wildman–Crippen LogP) is 4.29. The number of hydrogen-bond donors (Lipinski definition) is 0. The lowest BCUT2D eigenvalue weighted by atomic mass is 9.85. The van der Waals surface area contributed by atoms with Crippen LogP contribution in [0.4, 0.5) is 0 Å². The molecular weight excluding hydrogens is 208 g/mol. The second kappa shape index (κ2) is 3.36. The lowest BCUT2D eigenvalue weighted by Crippen LogP contribution is -2.29. The Labute approximate surface area is 102 Å². The molecule has 0 unspecified atom stereocenters. The highest BCUT2D eigenvalue weighted by Gasteiger charge is 2.31. The van der Waals surface area contributed by atoms with E-state index in [2.05, 4.69) is 51.1 Å². The van der Waals surface area contributed by atoms with Gasteiger partial charge < -0.3 is 4.74 Å². The highest BCUT2D eigenvalue weighted by molar-refractivity contribution is 5.76. The van der Waals surface area contributed by atoms with Gasteiger partial charge in [-0.1, -0.05) is 42.0 Å². The SMILES string of the molecule is Cc1ccc2c(c1)-c1ccccc1OC2(C)C. The van der Waals surface area contributed by atoms with Crippen LogP contribution in [-0.2, 0) is 5.60 Å². The largest absolute Gasteiger partial charge is 0.482 e. The van der Waals surface area contributed by atoms with Gasteiger partial charge in [0.1, 0.15) is 11.4 Å². The van der Waals surface area contributed by atoms with Crippen molar-refractivity contribution in [1.82, 2.24) is 0 Å². The summed E-state index contributed by atoms with van der Waals surface area (Å²) in [6.07, 6.45) is 0. The molecule has 3 rings (SSSR count). The summed E-state index contributed by atoms with van der Waals surface area (Å²) in [6.45, 7) is 6.37. The molecule has 0 spiro atoms. The van der Waals surface area contributed by atoms with Crippen molar-refractivity contribution in [2.75, 3.05) is 0 Å². The molecule has 0 fully saturated rings. The zero-order valence-electron chi connectivity index (χ0n) is 10.4. The number of rotatable bonds is 0. The van der Waals surface area contributed by atoms with E-state index in [-0.39, 0.29) is 5.60 Å². The van der Waals surface area contributed by atoms with Crippen LogP contribution in [0.1, 0.15) is 25.0 Å². The van der Waals surface area contributed by atoms with Gasteiger partial charge in [-0.2, -0.15) is 0 Å². The minimum Gasteiger partial charge on any atom is -0.482 e.